The second kappa shape index (κ2) is 6.51. The standard InChI is InChI=1S/C15H10BrNO2S2/c16-11-4-1-3-10(7-11)8-19-15(18)12-9-21-14(17-12)13-5-2-6-20-13/h1-7,9H,8H2. The summed E-state index contributed by atoms with van der Waals surface area (Å²) in [6.07, 6.45) is 0. The lowest BCUT2D eigenvalue weighted by Gasteiger charge is -2.03. The maximum absolute atomic E-state index is 12.0. The number of thiazole rings is 1. The molecule has 0 N–H and O–H groups in total. The Morgan fingerprint density at radius 1 is 1.24 bits per heavy atom. The molecule has 1 aromatic carbocycles. The van der Waals surface area contributed by atoms with Crippen molar-refractivity contribution >= 4 is 44.6 Å². The average molecular weight is 380 g/mol. The third-order valence-electron chi connectivity index (χ3n) is 2.70. The van der Waals surface area contributed by atoms with E-state index in [4.69, 9.17) is 4.74 Å². The third kappa shape index (κ3) is 3.58. The van der Waals surface area contributed by atoms with E-state index in [-0.39, 0.29) is 6.61 Å². The second-order valence-corrected chi connectivity index (χ2v) is 6.94. The highest BCUT2D eigenvalue weighted by atomic mass is 79.9. The zero-order valence-corrected chi connectivity index (χ0v) is 14.0. The van der Waals surface area contributed by atoms with Gasteiger partial charge in [-0.25, -0.2) is 9.78 Å². The molecule has 0 atom stereocenters. The normalized spacial score (nSPS) is 10.5. The third-order valence-corrected chi connectivity index (χ3v) is 5.08. The fraction of sp³-hybridized carbons (Fsp3) is 0.0667. The van der Waals surface area contributed by atoms with Crippen LogP contribution >= 0.6 is 38.6 Å². The van der Waals surface area contributed by atoms with Gasteiger partial charge in [0.05, 0.1) is 4.88 Å². The lowest BCUT2D eigenvalue weighted by atomic mass is 10.2. The lowest BCUT2D eigenvalue weighted by Crippen LogP contribution is -2.05. The topological polar surface area (TPSA) is 39.2 Å². The van der Waals surface area contributed by atoms with Crippen LogP contribution in [-0.2, 0) is 11.3 Å². The van der Waals surface area contributed by atoms with Crippen molar-refractivity contribution in [1.29, 1.82) is 0 Å². The first-order chi connectivity index (χ1) is 10.2. The van der Waals surface area contributed by atoms with E-state index < -0.39 is 5.97 Å². The van der Waals surface area contributed by atoms with Crippen LogP contribution in [-0.4, -0.2) is 11.0 Å². The SMILES string of the molecule is O=C(OCc1cccc(Br)c1)c1csc(-c2cccs2)n1. The predicted octanol–water partition coefficient (Wildman–Crippen LogP) is 4.99. The highest BCUT2D eigenvalue weighted by Crippen LogP contribution is 2.28. The van der Waals surface area contributed by atoms with Gasteiger partial charge in [0, 0.05) is 9.85 Å². The summed E-state index contributed by atoms with van der Waals surface area (Å²) in [5.41, 5.74) is 1.30. The van der Waals surface area contributed by atoms with Crippen molar-refractivity contribution in [2.75, 3.05) is 0 Å². The summed E-state index contributed by atoms with van der Waals surface area (Å²) in [5.74, 6) is -0.394. The number of benzene rings is 1. The number of aromatic nitrogens is 1. The average Bonchev–Trinajstić information content (AvgIpc) is 3.15. The van der Waals surface area contributed by atoms with Crippen LogP contribution in [0.2, 0.25) is 0 Å². The summed E-state index contributed by atoms with van der Waals surface area (Å²) >= 11 is 6.44. The van der Waals surface area contributed by atoms with Crippen LogP contribution in [0.25, 0.3) is 9.88 Å². The van der Waals surface area contributed by atoms with Crippen molar-refractivity contribution in [1.82, 2.24) is 4.98 Å². The molecule has 0 saturated carbocycles. The number of halogens is 1. The molecule has 3 rings (SSSR count). The van der Waals surface area contributed by atoms with E-state index in [1.807, 2.05) is 41.8 Å². The molecule has 0 aliphatic rings. The monoisotopic (exact) mass is 379 g/mol. The van der Waals surface area contributed by atoms with Gasteiger partial charge in [0.15, 0.2) is 5.69 Å². The number of nitrogens with zero attached hydrogens (tertiary/aromatic N) is 1. The molecule has 106 valence electrons. The summed E-state index contributed by atoms with van der Waals surface area (Å²) in [4.78, 5) is 17.4. The highest BCUT2D eigenvalue weighted by Gasteiger charge is 2.13. The van der Waals surface area contributed by atoms with Crippen molar-refractivity contribution < 1.29 is 9.53 Å². The Labute approximate surface area is 138 Å². The van der Waals surface area contributed by atoms with Gasteiger partial charge in [-0.2, -0.15) is 0 Å². The van der Waals surface area contributed by atoms with Gasteiger partial charge in [-0.05, 0) is 29.1 Å². The number of carbonyl (C=O) groups is 1. The van der Waals surface area contributed by atoms with Crippen molar-refractivity contribution in [3.8, 4) is 9.88 Å². The van der Waals surface area contributed by atoms with E-state index in [0.717, 1.165) is 19.9 Å². The van der Waals surface area contributed by atoms with Crippen LogP contribution in [0.5, 0.6) is 0 Å². The van der Waals surface area contributed by atoms with Gasteiger partial charge >= 0.3 is 5.97 Å². The summed E-state index contributed by atoms with van der Waals surface area (Å²) in [6, 6.07) is 11.6. The number of hydrogen-bond acceptors (Lipinski definition) is 5. The Kier molecular flexibility index (Phi) is 4.48. The van der Waals surface area contributed by atoms with Gasteiger partial charge in [0.1, 0.15) is 11.6 Å². The second-order valence-electron chi connectivity index (χ2n) is 4.22. The highest BCUT2D eigenvalue weighted by molar-refractivity contribution is 9.10. The van der Waals surface area contributed by atoms with Gasteiger partial charge in [-0.1, -0.05) is 34.1 Å². The molecule has 0 aliphatic heterocycles. The minimum absolute atomic E-state index is 0.240. The van der Waals surface area contributed by atoms with E-state index in [9.17, 15) is 4.79 Å². The molecule has 0 spiro atoms. The van der Waals surface area contributed by atoms with Gasteiger partial charge < -0.3 is 4.74 Å². The van der Waals surface area contributed by atoms with Crippen LogP contribution < -0.4 is 0 Å². The van der Waals surface area contributed by atoms with Crippen molar-refractivity contribution in [3.05, 3.63) is 62.9 Å². The molecular weight excluding hydrogens is 370 g/mol. The van der Waals surface area contributed by atoms with E-state index in [2.05, 4.69) is 20.9 Å². The number of ether oxygens (including phenoxy) is 1. The molecule has 3 nitrogen and oxygen atoms in total. The van der Waals surface area contributed by atoms with Crippen molar-refractivity contribution in [2.45, 2.75) is 6.61 Å². The van der Waals surface area contributed by atoms with Crippen LogP contribution in [0, 0.1) is 0 Å². The Morgan fingerprint density at radius 3 is 2.90 bits per heavy atom. The fourth-order valence-electron chi connectivity index (χ4n) is 1.73. The Hall–Kier alpha value is -1.50. The van der Waals surface area contributed by atoms with Crippen LogP contribution in [0.4, 0.5) is 0 Å². The summed E-state index contributed by atoms with van der Waals surface area (Å²) in [7, 11) is 0. The number of rotatable bonds is 4. The first kappa shape index (κ1) is 14.4. The van der Waals surface area contributed by atoms with E-state index >= 15 is 0 Å². The quantitative estimate of drug-likeness (QED) is 0.599. The van der Waals surface area contributed by atoms with Gasteiger partial charge in [-0.3, -0.25) is 0 Å². The van der Waals surface area contributed by atoms with Crippen molar-refractivity contribution in [2.24, 2.45) is 0 Å². The minimum Gasteiger partial charge on any atom is -0.456 e. The summed E-state index contributed by atoms with van der Waals surface area (Å²) in [5, 5.41) is 4.57. The molecule has 0 bridgehead atoms. The Bertz CT molecular complexity index is 753. The van der Waals surface area contributed by atoms with E-state index in [0.29, 0.717) is 5.69 Å². The molecular formula is C15H10BrNO2S2. The van der Waals surface area contributed by atoms with Crippen LogP contribution in [0.15, 0.2) is 51.6 Å². The summed E-state index contributed by atoms with van der Waals surface area (Å²) in [6.45, 7) is 0.240. The molecule has 2 aromatic heterocycles. The smallest absolute Gasteiger partial charge is 0.358 e. The zero-order chi connectivity index (χ0) is 14.7. The Balaban J connectivity index is 1.66. The maximum Gasteiger partial charge on any atom is 0.358 e. The molecule has 0 saturated heterocycles. The molecule has 2 heterocycles. The number of carbonyl (C=O) groups excluding carboxylic acids is 1. The van der Waals surface area contributed by atoms with Gasteiger partial charge in [0.25, 0.3) is 0 Å². The molecule has 6 heteroatoms. The molecule has 21 heavy (non-hydrogen) atoms. The first-order valence-corrected chi connectivity index (χ1v) is 8.68. The zero-order valence-electron chi connectivity index (χ0n) is 10.8. The largest absolute Gasteiger partial charge is 0.456 e. The fourth-order valence-corrected chi connectivity index (χ4v) is 3.78. The lowest BCUT2D eigenvalue weighted by molar-refractivity contribution is 0.0466. The van der Waals surface area contributed by atoms with Crippen LogP contribution in [0.3, 0.4) is 0 Å². The van der Waals surface area contributed by atoms with Crippen molar-refractivity contribution in [3.63, 3.8) is 0 Å². The van der Waals surface area contributed by atoms with Crippen LogP contribution in [0.1, 0.15) is 16.1 Å². The molecule has 0 fully saturated rings. The number of thiophene rings is 1. The minimum atomic E-state index is -0.394. The molecule has 0 amide bonds. The first-order valence-electron chi connectivity index (χ1n) is 6.13. The molecule has 0 aliphatic carbocycles. The van der Waals surface area contributed by atoms with Gasteiger partial charge in [0.2, 0.25) is 0 Å². The van der Waals surface area contributed by atoms with Gasteiger partial charge in [-0.15, -0.1) is 22.7 Å². The Morgan fingerprint density at radius 2 is 2.14 bits per heavy atom. The predicted molar refractivity (Wildman–Crippen MR) is 88.7 cm³/mol. The molecule has 3 aromatic rings. The van der Waals surface area contributed by atoms with E-state index in [1.54, 1.807) is 16.7 Å². The maximum atomic E-state index is 12.0. The van der Waals surface area contributed by atoms with E-state index in [1.165, 1.54) is 11.3 Å². The number of esters is 1. The molecule has 0 unspecified atom stereocenters. The molecule has 0 radical (unpaired) electrons. The number of hydrogen-bond donors (Lipinski definition) is 0. The summed E-state index contributed by atoms with van der Waals surface area (Å²) < 4.78 is 6.25.